The van der Waals surface area contributed by atoms with E-state index in [1.54, 1.807) is 18.2 Å². The largest absolute Gasteiger partial charge is 0.421 e. The number of benzene rings is 1. The Kier molecular flexibility index (Phi) is 3.95. The van der Waals surface area contributed by atoms with Crippen molar-refractivity contribution in [3.8, 4) is 11.5 Å². The average Bonchev–Trinajstić information content (AvgIpc) is 2.76. The third-order valence-electron chi connectivity index (χ3n) is 2.57. The molecule has 0 aliphatic carbocycles. The lowest BCUT2D eigenvalue weighted by Crippen LogP contribution is -2.37. The minimum absolute atomic E-state index is 0.0500. The Labute approximate surface area is 112 Å². The van der Waals surface area contributed by atoms with E-state index < -0.39 is 0 Å². The number of nitrogens with one attached hydrogen (secondary N) is 1. The number of nitrogens with zero attached hydrogens (tertiary/aromatic N) is 2. The van der Waals surface area contributed by atoms with Crippen LogP contribution >= 0.6 is 0 Å². The number of rotatable bonds is 4. The molecule has 1 N–H and O–H groups in total. The lowest BCUT2D eigenvalue weighted by atomic mass is 10.1. The van der Waals surface area contributed by atoms with E-state index >= 15 is 0 Å². The fourth-order valence-electron chi connectivity index (χ4n) is 1.64. The Balaban J connectivity index is 2.02. The molecular formula is C14H18FN3O. The van der Waals surface area contributed by atoms with Gasteiger partial charge in [0.15, 0.2) is 0 Å². The van der Waals surface area contributed by atoms with E-state index in [1.807, 2.05) is 0 Å². The highest BCUT2D eigenvalue weighted by molar-refractivity contribution is 5.53. The van der Waals surface area contributed by atoms with Gasteiger partial charge in [-0.3, -0.25) is 0 Å². The molecule has 5 heteroatoms. The summed E-state index contributed by atoms with van der Waals surface area (Å²) in [4.78, 5) is 0. The summed E-state index contributed by atoms with van der Waals surface area (Å²) in [5, 5.41) is 11.1. The van der Waals surface area contributed by atoms with E-state index in [0.717, 1.165) is 6.54 Å². The van der Waals surface area contributed by atoms with E-state index in [1.165, 1.54) is 6.07 Å². The first-order valence-corrected chi connectivity index (χ1v) is 6.28. The average molecular weight is 263 g/mol. The molecule has 0 amide bonds. The molecule has 0 atom stereocenters. The maximum atomic E-state index is 13.6. The topological polar surface area (TPSA) is 51.0 Å². The molecule has 0 aliphatic rings. The lowest BCUT2D eigenvalue weighted by Gasteiger charge is -2.19. The minimum Gasteiger partial charge on any atom is -0.421 e. The maximum Gasteiger partial charge on any atom is 0.250 e. The van der Waals surface area contributed by atoms with Gasteiger partial charge in [-0.15, -0.1) is 10.2 Å². The molecule has 1 heterocycles. The first-order valence-electron chi connectivity index (χ1n) is 6.28. The summed E-state index contributed by atoms with van der Waals surface area (Å²) in [5.41, 5.74) is 0.388. The van der Waals surface area contributed by atoms with Gasteiger partial charge < -0.3 is 9.73 Å². The smallest absolute Gasteiger partial charge is 0.250 e. The van der Waals surface area contributed by atoms with Crippen molar-refractivity contribution in [2.45, 2.75) is 32.7 Å². The summed E-state index contributed by atoms with van der Waals surface area (Å²) in [7, 11) is 0. The number of hydrogen-bond acceptors (Lipinski definition) is 4. The van der Waals surface area contributed by atoms with Crippen molar-refractivity contribution in [2.24, 2.45) is 0 Å². The van der Waals surface area contributed by atoms with Crippen LogP contribution in [0.3, 0.4) is 0 Å². The van der Waals surface area contributed by atoms with Gasteiger partial charge in [0, 0.05) is 18.5 Å². The van der Waals surface area contributed by atoms with E-state index in [2.05, 4.69) is 36.3 Å². The van der Waals surface area contributed by atoms with E-state index in [0.29, 0.717) is 17.9 Å². The number of hydrogen-bond donors (Lipinski definition) is 1. The molecule has 4 nitrogen and oxygen atoms in total. The standard InChI is InChI=1S/C14H18FN3O/c1-14(2,3)16-9-8-12-17-18-13(19-12)10-6-4-5-7-11(10)15/h4-7,16H,8-9H2,1-3H3. The molecule has 19 heavy (non-hydrogen) atoms. The fourth-order valence-corrected chi connectivity index (χ4v) is 1.64. The zero-order chi connectivity index (χ0) is 13.9. The van der Waals surface area contributed by atoms with Gasteiger partial charge in [0.25, 0.3) is 5.89 Å². The second-order valence-electron chi connectivity index (χ2n) is 5.41. The molecule has 0 saturated carbocycles. The molecule has 0 spiro atoms. The lowest BCUT2D eigenvalue weighted by molar-refractivity contribution is 0.411. The van der Waals surface area contributed by atoms with Crippen molar-refractivity contribution in [1.82, 2.24) is 15.5 Å². The Bertz CT molecular complexity index is 546. The van der Waals surface area contributed by atoms with E-state index in [4.69, 9.17) is 4.42 Å². The van der Waals surface area contributed by atoms with Crippen molar-refractivity contribution in [1.29, 1.82) is 0 Å². The minimum atomic E-state index is -0.356. The molecule has 0 saturated heterocycles. The monoisotopic (exact) mass is 263 g/mol. The van der Waals surface area contributed by atoms with Crippen LogP contribution in [-0.2, 0) is 6.42 Å². The molecule has 0 unspecified atom stereocenters. The molecule has 0 fully saturated rings. The quantitative estimate of drug-likeness (QED) is 0.921. The predicted octanol–water partition coefficient (Wildman–Crippen LogP) is 2.81. The molecule has 0 aliphatic heterocycles. The van der Waals surface area contributed by atoms with Crippen LogP contribution in [0.15, 0.2) is 28.7 Å². The predicted molar refractivity (Wildman–Crippen MR) is 71.2 cm³/mol. The van der Waals surface area contributed by atoms with Crippen molar-refractivity contribution >= 4 is 0 Å². The molecular weight excluding hydrogens is 245 g/mol. The summed E-state index contributed by atoms with van der Waals surface area (Å²) in [6.45, 7) is 7.01. The second-order valence-corrected chi connectivity index (χ2v) is 5.41. The fraction of sp³-hybridized carbons (Fsp3) is 0.429. The SMILES string of the molecule is CC(C)(C)NCCc1nnc(-c2ccccc2F)o1. The normalized spacial score (nSPS) is 11.8. The van der Waals surface area contributed by atoms with Gasteiger partial charge in [0.1, 0.15) is 5.82 Å². The highest BCUT2D eigenvalue weighted by Gasteiger charge is 2.13. The zero-order valence-corrected chi connectivity index (χ0v) is 11.4. The van der Waals surface area contributed by atoms with Gasteiger partial charge in [-0.25, -0.2) is 4.39 Å². The van der Waals surface area contributed by atoms with Crippen LogP contribution in [0.2, 0.25) is 0 Å². The van der Waals surface area contributed by atoms with Crippen LogP contribution in [0.4, 0.5) is 4.39 Å². The Morgan fingerprint density at radius 1 is 1.21 bits per heavy atom. The summed E-state index contributed by atoms with van der Waals surface area (Å²) in [6, 6.07) is 6.37. The van der Waals surface area contributed by atoms with Crippen LogP contribution in [0.25, 0.3) is 11.5 Å². The highest BCUT2D eigenvalue weighted by atomic mass is 19.1. The third-order valence-corrected chi connectivity index (χ3v) is 2.57. The van der Waals surface area contributed by atoms with Crippen LogP contribution in [0.5, 0.6) is 0 Å². The first kappa shape index (κ1) is 13.7. The van der Waals surface area contributed by atoms with E-state index in [9.17, 15) is 4.39 Å². The Hall–Kier alpha value is -1.75. The van der Waals surface area contributed by atoms with Gasteiger partial charge >= 0.3 is 0 Å². The summed E-state index contributed by atoms with van der Waals surface area (Å²) < 4.78 is 19.0. The number of aromatic nitrogens is 2. The van der Waals surface area contributed by atoms with Crippen molar-refractivity contribution in [3.05, 3.63) is 36.0 Å². The van der Waals surface area contributed by atoms with Crippen molar-refractivity contribution < 1.29 is 8.81 Å². The molecule has 102 valence electrons. The van der Waals surface area contributed by atoms with Crippen molar-refractivity contribution in [2.75, 3.05) is 6.54 Å². The molecule has 1 aromatic carbocycles. The Morgan fingerprint density at radius 2 is 1.95 bits per heavy atom. The number of halogens is 1. The third kappa shape index (κ3) is 3.86. The molecule has 1 aromatic heterocycles. The first-order chi connectivity index (χ1) is 8.96. The van der Waals surface area contributed by atoms with Crippen LogP contribution in [-0.4, -0.2) is 22.3 Å². The van der Waals surface area contributed by atoms with Crippen LogP contribution in [0.1, 0.15) is 26.7 Å². The zero-order valence-electron chi connectivity index (χ0n) is 11.4. The van der Waals surface area contributed by atoms with Crippen LogP contribution in [0, 0.1) is 5.82 Å². The van der Waals surface area contributed by atoms with Crippen LogP contribution < -0.4 is 5.32 Å². The second kappa shape index (κ2) is 5.48. The van der Waals surface area contributed by atoms with Gasteiger partial charge in [0.2, 0.25) is 5.89 Å². The summed E-state index contributed by atoms with van der Waals surface area (Å²) in [6.07, 6.45) is 0.624. The van der Waals surface area contributed by atoms with Gasteiger partial charge in [0.05, 0.1) is 5.56 Å². The molecule has 0 radical (unpaired) electrons. The molecule has 2 aromatic rings. The van der Waals surface area contributed by atoms with Crippen molar-refractivity contribution in [3.63, 3.8) is 0 Å². The van der Waals surface area contributed by atoms with Gasteiger partial charge in [-0.2, -0.15) is 0 Å². The highest BCUT2D eigenvalue weighted by Crippen LogP contribution is 2.20. The molecule has 0 bridgehead atoms. The maximum absolute atomic E-state index is 13.6. The van der Waals surface area contributed by atoms with E-state index in [-0.39, 0.29) is 17.2 Å². The molecule has 2 rings (SSSR count). The summed E-state index contributed by atoms with van der Waals surface area (Å²) >= 11 is 0. The summed E-state index contributed by atoms with van der Waals surface area (Å²) in [5.74, 6) is 0.379. The Morgan fingerprint density at radius 3 is 2.63 bits per heavy atom. The van der Waals surface area contributed by atoms with Gasteiger partial charge in [-0.1, -0.05) is 12.1 Å². The van der Waals surface area contributed by atoms with Gasteiger partial charge in [-0.05, 0) is 32.9 Å².